The Bertz CT molecular complexity index is 192. The van der Waals surface area contributed by atoms with E-state index >= 15 is 0 Å². The summed E-state index contributed by atoms with van der Waals surface area (Å²) in [5.74, 6) is 0. The van der Waals surface area contributed by atoms with Gasteiger partial charge >= 0.3 is 0 Å². The Morgan fingerprint density at radius 3 is 2.50 bits per heavy atom. The van der Waals surface area contributed by atoms with Crippen molar-refractivity contribution in [1.82, 2.24) is 5.32 Å². The van der Waals surface area contributed by atoms with Crippen molar-refractivity contribution in [3.63, 3.8) is 0 Å². The van der Waals surface area contributed by atoms with Crippen LogP contribution in [0.2, 0.25) is 0 Å². The van der Waals surface area contributed by atoms with Gasteiger partial charge in [-0.15, -0.1) is 0 Å². The highest BCUT2D eigenvalue weighted by Crippen LogP contribution is 2.03. The highest BCUT2D eigenvalue weighted by molar-refractivity contribution is 5.49. The molecule has 0 rings (SSSR count). The summed E-state index contributed by atoms with van der Waals surface area (Å²) >= 11 is 0. The average Bonchev–Trinajstić information content (AvgIpc) is 2.02. The summed E-state index contributed by atoms with van der Waals surface area (Å²) in [4.78, 5) is 10.0. The highest BCUT2D eigenvalue weighted by Gasteiger charge is 1.85. The first kappa shape index (κ1) is 11.0. The minimum Gasteiger partial charge on any atom is -0.333 e. The van der Waals surface area contributed by atoms with E-state index in [1.54, 1.807) is 0 Å². The summed E-state index contributed by atoms with van der Waals surface area (Å²) in [6.45, 7) is 6.11. The predicted molar refractivity (Wildman–Crippen MR) is 51.6 cm³/mol. The number of carbonyl (C=O) groups excluding carboxylic acids is 1. The Balaban J connectivity index is 3.97. The maximum absolute atomic E-state index is 10.0. The molecule has 1 N–H and O–H groups in total. The van der Waals surface area contributed by atoms with Gasteiger partial charge < -0.3 is 5.32 Å². The van der Waals surface area contributed by atoms with Gasteiger partial charge in [-0.1, -0.05) is 25.0 Å². The van der Waals surface area contributed by atoms with Gasteiger partial charge in [-0.05, 0) is 26.3 Å². The lowest BCUT2D eigenvalue weighted by molar-refractivity contribution is -0.108. The van der Waals surface area contributed by atoms with Gasteiger partial charge in [0, 0.05) is 5.70 Å². The van der Waals surface area contributed by atoms with Crippen molar-refractivity contribution < 1.29 is 4.79 Å². The standard InChI is InChI=1S/C10H17NO/c1-4-5-9(2)6-7-10(3)11-8-12/h6-8H,4-5H2,1-3H3,(H,11,12)/b9-6+,10-7+. The molecule has 0 spiro atoms. The summed E-state index contributed by atoms with van der Waals surface area (Å²) in [5, 5.41) is 2.58. The van der Waals surface area contributed by atoms with Gasteiger partial charge in [0.05, 0.1) is 0 Å². The fraction of sp³-hybridized carbons (Fsp3) is 0.500. The van der Waals surface area contributed by atoms with Gasteiger partial charge in [-0.2, -0.15) is 0 Å². The second-order valence-electron chi connectivity index (χ2n) is 2.87. The van der Waals surface area contributed by atoms with E-state index in [-0.39, 0.29) is 0 Å². The third kappa shape index (κ3) is 5.71. The van der Waals surface area contributed by atoms with Gasteiger partial charge in [-0.3, -0.25) is 4.79 Å². The Morgan fingerprint density at radius 1 is 1.33 bits per heavy atom. The van der Waals surface area contributed by atoms with Crippen molar-refractivity contribution in [3.05, 3.63) is 23.4 Å². The molecule has 0 aliphatic carbocycles. The largest absolute Gasteiger partial charge is 0.333 e. The molecule has 0 saturated heterocycles. The number of carbonyl (C=O) groups is 1. The van der Waals surface area contributed by atoms with Gasteiger partial charge in [-0.25, -0.2) is 0 Å². The number of amides is 1. The molecular formula is C10H17NO. The molecule has 2 heteroatoms. The Hall–Kier alpha value is -1.05. The third-order valence-corrected chi connectivity index (χ3v) is 1.55. The Kier molecular flexibility index (Phi) is 6.07. The molecule has 0 heterocycles. The number of allylic oxidation sites excluding steroid dienone is 4. The average molecular weight is 167 g/mol. The number of nitrogens with one attached hydrogen (secondary N) is 1. The zero-order valence-corrected chi connectivity index (χ0v) is 8.05. The molecule has 0 aliphatic heterocycles. The molecule has 0 saturated carbocycles. The molecule has 0 aliphatic rings. The first-order valence-electron chi connectivity index (χ1n) is 4.25. The van der Waals surface area contributed by atoms with E-state index in [1.807, 2.05) is 19.1 Å². The van der Waals surface area contributed by atoms with E-state index in [9.17, 15) is 4.79 Å². The fourth-order valence-electron chi connectivity index (χ4n) is 0.886. The highest BCUT2D eigenvalue weighted by atomic mass is 16.1. The molecule has 0 aromatic carbocycles. The summed E-state index contributed by atoms with van der Waals surface area (Å²) in [6.07, 6.45) is 6.92. The van der Waals surface area contributed by atoms with Crippen molar-refractivity contribution in [2.75, 3.05) is 0 Å². The van der Waals surface area contributed by atoms with Crippen molar-refractivity contribution in [2.24, 2.45) is 0 Å². The predicted octanol–water partition coefficient (Wildman–Crippen LogP) is 2.38. The SMILES string of the molecule is CCC/C(C)=C/C=C(\C)NC=O. The molecule has 0 bridgehead atoms. The molecule has 12 heavy (non-hydrogen) atoms. The van der Waals surface area contributed by atoms with Gasteiger partial charge in [0.15, 0.2) is 0 Å². The van der Waals surface area contributed by atoms with Crippen LogP contribution in [0.4, 0.5) is 0 Å². The van der Waals surface area contributed by atoms with Crippen molar-refractivity contribution >= 4 is 6.41 Å². The quantitative estimate of drug-likeness (QED) is 0.494. The Morgan fingerprint density at radius 2 is 2.00 bits per heavy atom. The smallest absolute Gasteiger partial charge is 0.211 e. The van der Waals surface area contributed by atoms with Crippen LogP contribution in [0.5, 0.6) is 0 Å². The summed E-state index contributed by atoms with van der Waals surface area (Å²) in [6, 6.07) is 0. The van der Waals surface area contributed by atoms with E-state index in [4.69, 9.17) is 0 Å². The monoisotopic (exact) mass is 167 g/mol. The number of rotatable bonds is 5. The zero-order chi connectivity index (χ0) is 9.40. The molecule has 0 radical (unpaired) electrons. The van der Waals surface area contributed by atoms with Crippen LogP contribution in [-0.2, 0) is 4.79 Å². The maximum atomic E-state index is 10.0. The van der Waals surface area contributed by atoms with Crippen molar-refractivity contribution in [2.45, 2.75) is 33.6 Å². The van der Waals surface area contributed by atoms with Crippen LogP contribution < -0.4 is 5.32 Å². The van der Waals surface area contributed by atoms with Crippen LogP contribution in [0.15, 0.2) is 23.4 Å². The normalized spacial score (nSPS) is 12.9. The second-order valence-corrected chi connectivity index (χ2v) is 2.87. The lowest BCUT2D eigenvalue weighted by atomic mass is 10.1. The van der Waals surface area contributed by atoms with Crippen molar-refractivity contribution in [3.8, 4) is 0 Å². The van der Waals surface area contributed by atoms with Gasteiger partial charge in [0.25, 0.3) is 0 Å². The number of hydrogen-bond donors (Lipinski definition) is 1. The molecule has 0 aromatic heterocycles. The first-order chi connectivity index (χ1) is 5.70. The van der Waals surface area contributed by atoms with E-state index in [1.165, 1.54) is 5.57 Å². The Labute approximate surface area is 74.4 Å². The third-order valence-electron chi connectivity index (χ3n) is 1.55. The summed E-state index contributed by atoms with van der Waals surface area (Å²) < 4.78 is 0. The minimum atomic E-state index is 0.689. The topological polar surface area (TPSA) is 29.1 Å². The lowest BCUT2D eigenvalue weighted by Crippen LogP contribution is -2.06. The molecule has 0 unspecified atom stereocenters. The molecule has 68 valence electrons. The van der Waals surface area contributed by atoms with E-state index in [0.717, 1.165) is 18.5 Å². The van der Waals surface area contributed by atoms with Crippen LogP contribution in [0.1, 0.15) is 33.6 Å². The van der Waals surface area contributed by atoms with Crippen LogP contribution in [0, 0.1) is 0 Å². The molecular weight excluding hydrogens is 150 g/mol. The number of hydrogen-bond acceptors (Lipinski definition) is 1. The second kappa shape index (κ2) is 6.65. The molecule has 1 amide bonds. The maximum Gasteiger partial charge on any atom is 0.211 e. The zero-order valence-electron chi connectivity index (χ0n) is 8.05. The lowest BCUT2D eigenvalue weighted by Gasteiger charge is -1.96. The van der Waals surface area contributed by atoms with Crippen LogP contribution in [0.3, 0.4) is 0 Å². The van der Waals surface area contributed by atoms with Crippen LogP contribution >= 0.6 is 0 Å². The minimum absolute atomic E-state index is 0.689. The van der Waals surface area contributed by atoms with Crippen molar-refractivity contribution in [1.29, 1.82) is 0 Å². The summed E-state index contributed by atoms with van der Waals surface area (Å²) in [5.41, 5.74) is 2.21. The van der Waals surface area contributed by atoms with E-state index in [0.29, 0.717) is 6.41 Å². The van der Waals surface area contributed by atoms with E-state index in [2.05, 4.69) is 19.2 Å². The first-order valence-corrected chi connectivity index (χ1v) is 4.25. The van der Waals surface area contributed by atoms with Crippen LogP contribution in [-0.4, -0.2) is 6.41 Å². The fourth-order valence-corrected chi connectivity index (χ4v) is 0.886. The molecule has 0 fully saturated rings. The molecule has 0 aromatic rings. The molecule has 0 atom stereocenters. The van der Waals surface area contributed by atoms with Crippen LogP contribution in [0.25, 0.3) is 0 Å². The van der Waals surface area contributed by atoms with Gasteiger partial charge in [0.2, 0.25) is 6.41 Å². The van der Waals surface area contributed by atoms with Gasteiger partial charge in [0.1, 0.15) is 0 Å². The van der Waals surface area contributed by atoms with E-state index < -0.39 is 0 Å². The summed E-state index contributed by atoms with van der Waals surface area (Å²) in [7, 11) is 0. The molecule has 2 nitrogen and oxygen atoms in total.